The van der Waals surface area contributed by atoms with E-state index in [1.807, 2.05) is 6.92 Å². The van der Waals surface area contributed by atoms with Gasteiger partial charge >= 0.3 is 0 Å². The number of piperazine rings is 1. The highest BCUT2D eigenvalue weighted by Crippen LogP contribution is 2.17. The second kappa shape index (κ2) is 6.45. The molecule has 0 aromatic heterocycles. The maximum absolute atomic E-state index is 11.5. The van der Waals surface area contributed by atoms with Crippen LogP contribution in [0.2, 0.25) is 0 Å². The summed E-state index contributed by atoms with van der Waals surface area (Å²) in [4.78, 5) is 16.5. The Morgan fingerprint density at radius 2 is 1.89 bits per heavy atom. The van der Waals surface area contributed by atoms with Crippen LogP contribution in [0.5, 0.6) is 0 Å². The van der Waals surface area contributed by atoms with E-state index in [1.165, 1.54) is 0 Å². The molecule has 1 rings (SSSR count). The number of hydrogen-bond donors (Lipinski definition) is 2. The van der Waals surface area contributed by atoms with Crippen molar-refractivity contribution in [3.63, 3.8) is 0 Å². The fraction of sp³-hybridized carbons (Fsp3) is 0.833. The predicted molar refractivity (Wildman–Crippen MR) is 77.6 cm³/mol. The molecule has 0 unspecified atom stereocenters. The average Bonchev–Trinajstić information content (AvgIpc) is 2.29. The fourth-order valence-corrected chi connectivity index (χ4v) is 2.21. The Morgan fingerprint density at radius 1 is 1.33 bits per heavy atom. The Morgan fingerprint density at radius 3 is 2.33 bits per heavy atom. The number of likely N-dealkylation sites (N-methyl/N-ethyl adjacent to an activating group) is 1. The van der Waals surface area contributed by atoms with Crippen LogP contribution in [0.3, 0.4) is 0 Å². The lowest BCUT2D eigenvalue weighted by molar-refractivity contribution is -0.122. The summed E-state index contributed by atoms with van der Waals surface area (Å²) in [6.07, 6.45) is 0. The van der Waals surface area contributed by atoms with Crippen molar-refractivity contribution in [1.82, 2.24) is 15.1 Å². The highest BCUT2D eigenvalue weighted by atomic mass is 32.1. The van der Waals surface area contributed by atoms with Gasteiger partial charge in [0.15, 0.2) is 0 Å². The van der Waals surface area contributed by atoms with E-state index in [-0.39, 0.29) is 11.4 Å². The largest absolute Gasteiger partial charge is 0.392 e. The summed E-state index contributed by atoms with van der Waals surface area (Å²) in [6, 6.07) is 0. The van der Waals surface area contributed by atoms with Crippen molar-refractivity contribution < 1.29 is 4.79 Å². The lowest BCUT2D eigenvalue weighted by atomic mass is 10.0. The minimum atomic E-state index is -0.243. The third kappa shape index (κ3) is 3.90. The van der Waals surface area contributed by atoms with Crippen molar-refractivity contribution in [3.05, 3.63) is 0 Å². The number of nitrogens with one attached hydrogen (secondary N) is 1. The van der Waals surface area contributed by atoms with Crippen molar-refractivity contribution in [2.24, 2.45) is 5.73 Å². The number of thiocarbonyl (C=S) groups is 1. The Bertz CT molecular complexity index is 311. The summed E-state index contributed by atoms with van der Waals surface area (Å²) >= 11 is 5.10. The molecule has 1 aliphatic rings. The minimum absolute atomic E-state index is 0.0968. The number of carbonyl (C=O) groups excluding carboxylic acids is 1. The summed E-state index contributed by atoms with van der Waals surface area (Å²) in [6.45, 7) is 10.7. The van der Waals surface area contributed by atoms with Crippen LogP contribution >= 0.6 is 12.2 Å². The zero-order chi connectivity index (χ0) is 13.8. The maximum atomic E-state index is 11.5. The van der Waals surface area contributed by atoms with E-state index in [0.29, 0.717) is 18.1 Å². The number of amides is 1. The molecule has 0 radical (unpaired) electrons. The Labute approximate surface area is 115 Å². The first-order chi connectivity index (χ1) is 8.37. The summed E-state index contributed by atoms with van der Waals surface area (Å²) in [5.74, 6) is 0.0968. The number of nitrogens with two attached hydrogens (primary N) is 1. The van der Waals surface area contributed by atoms with E-state index in [9.17, 15) is 4.79 Å². The zero-order valence-electron chi connectivity index (χ0n) is 11.5. The van der Waals surface area contributed by atoms with E-state index in [4.69, 9.17) is 18.0 Å². The third-order valence-electron chi connectivity index (χ3n) is 3.51. The van der Waals surface area contributed by atoms with Crippen LogP contribution in [0.15, 0.2) is 0 Å². The van der Waals surface area contributed by atoms with Gasteiger partial charge in [0.1, 0.15) is 0 Å². The summed E-state index contributed by atoms with van der Waals surface area (Å²) < 4.78 is 0. The van der Waals surface area contributed by atoms with Gasteiger partial charge in [-0.05, 0) is 20.8 Å². The quantitative estimate of drug-likeness (QED) is 0.679. The van der Waals surface area contributed by atoms with Gasteiger partial charge < -0.3 is 11.1 Å². The van der Waals surface area contributed by atoms with Gasteiger partial charge in [0.25, 0.3) is 0 Å². The van der Waals surface area contributed by atoms with Gasteiger partial charge in [0, 0.05) is 32.7 Å². The van der Waals surface area contributed by atoms with Crippen molar-refractivity contribution in [2.75, 3.05) is 39.3 Å². The monoisotopic (exact) mass is 272 g/mol. The lowest BCUT2D eigenvalue weighted by Gasteiger charge is -2.43. The van der Waals surface area contributed by atoms with E-state index < -0.39 is 0 Å². The van der Waals surface area contributed by atoms with E-state index in [0.717, 1.165) is 26.2 Å². The molecular weight excluding hydrogens is 248 g/mol. The number of hydrogen-bond acceptors (Lipinski definition) is 4. The molecule has 0 spiro atoms. The molecule has 0 aromatic rings. The van der Waals surface area contributed by atoms with Gasteiger partial charge in [-0.3, -0.25) is 14.6 Å². The van der Waals surface area contributed by atoms with E-state index >= 15 is 0 Å². The Kier molecular flexibility index (Phi) is 5.49. The molecule has 1 saturated heterocycles. The Hall–Kier alpha value is -0.720. The molecule has 0 aliphatic carbocycles. The first-order valence-corrected chi connectivity index (χ1v) is 6.82. The second-order valence-corrected chi connectivity index (χ2v) is 5.58. The maximum Gasteiger partial charge on any atom is 0.234 e. The smallest absolute Gasteiger partial charge is 0.234 e. The molecule has 0 atom stereocenters. The molecule has 5 nitrogen and oxygen atoms in total. The van der Waals surface area contributed by atoms with Gasteiger partial charge in [-0.1, -0.05) is 12.2 Å². The van der Waals surface area contributed by atoms with Gasteiger partial charge in [-0.15, -0.1) is 0 Å². The van der Waals surface area contributed by atoms with Crippen molar-refractivity contribution in [2.45, 2.75) is 26.3 Å². The molecular formula is C12H24N4OS. The van der Waals surface area contributed by atoms with Crippen LogP contribution in [0, 0.1) is 0 Å². The van der Waals surface area contributed by atoms with Gasteiger partial charge in [0.05, 0.1) is 17.1 Å². The normalized spacial score (nSPS) is 18.6. The van der Waals surface area contributed by atoms with Crippen molar-refractivity contribution in [1.29, 1.82) is 0 Å². The zero-order valence-corrected chi connectivity index (χ0v) is 12.3. The first-order valence-electron chi connectivity index (χ1n) is 6.42. The molecule has 0 saturated carbocycles. The van der Waals surface area contributed by atoms with Crippen LogP contribution < -0.4 is 11.1 Å². The highest BCUT2D eigenvalue weighted by Gasteiger charge is 2.32. The highest BCUT2D eigenvalue weighted by molar-refractivity contribution is 7.80. The molecule has 104 valence electrons. The third-order valence-corrected chi connectivity index (χ3v) is 4.01. The SMILES string of the molecule is CCNC(=O)CN1CCN(C(C)(C)C(N)=S)CC1. The molecule has 1 amide bonds. The molecule has 6 heteroatoms. The van der Waals surface area contributed by atoms with Gasteiger partial charge in [-0.2, -0.15) is 0 Å². The average molecular weight is 272 g/mol. The fourth-order valence-electron chi connectivity index (χ4n) is 2.08. The number of nitrogens with zero attached hydrogens (tertiary/aromatic N) is 2. The van der Waals surface area contributed by atoms with Crippen LogP contribution in [-0.2, 0) is 4.79 Å². The molecule has 0 aromatic carbocycles. The van der Waals surface area contributed by atoms with Crippen LogP contribution in [0.1, 0.15) is 20.8 Å². The summed E-state index contributed by atoms with van der Waals surface area (Å²) in [5, 5.41) is 2.82. The van der Waals surface area contributed by atoms with Crippen molar-refractivity contribution in [3.8, 4) is 0 Å². The molecule has 3 N–H and O–H groups in total. The first kappa shape index (κ1) is 15.3. The molecule has 1 heterocycles. The Balaban J connectivity index is 2.42. The lowest BCUT2D eigenvalue weighted by Crippen LogP contribution is -2.59. The molecule has 18 heavy (non-hydrogen) atoms. The van der Waals surface area contributed by atoms with Gasteiger partial charge in [-0.25, -0.2) is 0 Å². The van der Waals surface area contributed by atoms with E-state index in [2.05, 4.69) is 29.0 Å². The van der Waals surface area contributed by atoms with E-state index in [1.54, 1.807) is 0 Å². The second-order valence-electron chi connectivity index (χ2n) is 5.14. The van der Waals surface area contributed by atoms with Crippen molar-refractivity contribution >= 4 is 23.1 Å². The topological polar surface area (TPSA) is 61.6 Å². The van der Waals surface area contributed by atoms with Gasteiger partial charge in [0.2, 0.25) is 5.91 Å². The molecule has 1 fully saturated rings. The summed E-state index contributed by atoms with van der Waals surface area (Å²) in [7, 11) is 0. The summed E-state index contributed by atoms with van der Waals surface area (Å²) in [5.41, 5.74) is 5.53. The van der Waals surface area contributed by atoms with Crippen LogP contribution in [0.25, 0.3) is 0 Å². The predicted octanol–water partition coefficient (Wildman–Crippen LogP) is -0.195. The number of carbonyl (C=O) groups is 1. The van der Waals surface area contributed by atoms with Crippen LogP contribution in [-0.4, -0.2) is 65.5 Å². The number of rotatable bonds is 5. The van der Waals surface area contributed by atoms with Crippen LogP contribution in [0.4, 0.5) is 0 Å². The molecule has 1 aliphatic heterocycles. The standard InChI is InChI=1S/C12H24N4OS/c1-4-14-10(17)9-15-5-7-16(8-6-15)12(2,3)11(13)18/h4-9H2,1-3H3,(H2,13,18)(H,14,17). The molecule has 0 bridgehead atoms. The minimum Gasteiger partial charge on any atom is -0.392 e.